The highest BCUT2D eigenvalue weighted by Gasteiger charge is 2.29. The van der Waals surface area contributed by atoms with Gasteiger partial charge in [-0.25, -0.2) is 27.7 Å². The Labute approximate surface area is 176 Å². The third-order valence-corrected chi connectivity index (χ3v) is 5.95. The number of halogens is 4. The SMILES string of the molecule is O=S(NCC(Nc1ncc(-c2nnc(C(F)F)o2)cn1)c1ccc(F)cc1F)C1CC1. The van der Waals surface area contributed by atoms with Crippen LogP contribution in [-0.4, -0.2) is 36.2 Å². The average molecular weight is 456 g/mol. The molecule has 1 fully saturated rings. The monoisotopic (exact) mass is 456 g/mol. The van der Waals surface area contributed by atoms with Gasteiger partial charge in [0.1, 0.15) is 11.6 Å². The summed E-state index contributed by atoms with van der Waals surface area (Å²) in [5.41, 5.74) is 0.343. The van der Waals surface area contributed by atoms with Crippen LogP contribution in [0.2, 0.25) is 0 Å². The molecule has 2 heterocycles. The van der Waals surface area contributed by atoms with E-state index >= 15 is 0 Å². The van der Waals surface area contributed by atoms with Gasteiger partial charge in [0.25, 0.3) is 11.8 Å². The molecule has 0 radical (unpaired) electrons. The molecule has 1 aliphatic carbocycles. The molecule has 3 aromatic rings. The Morgan fingerprint density at radius 1 is 1.16 bits per heavy atom. The molecular weight excluding hydrogens is 440 g/mol. The zero-order valence-electron chi connectivity index (χ0n) is 15.8. The van der Waals surface area contributed by atoms with Crippen LogP contribution in [0.25, 0.3) is 11.5 Å². The van der Waals surface area contributed by atoms with Gasteiger partial charge in [-0.15, -0.1) is 10.2 Å². The van der Waals surface area contributed by atoms with E-state index in [0.29, 0.717) is 0 Å². The second-order valence-electron chi connectivity index (χ2n) is 6.75. The molecule has 2 N–H and O–H groups in total. The number of alkyl halides is 2. The zero-order chi connectivity index (χ0) is 22.0. The molecule has 2 atom stereocenters. The fraction of sp³-hybridized carbons (Fsp3) is 0.333. The Morgan fingerprint density at radius 2 is 1.90 bits per heavy atom. The summed E-state index contributed by atoms with van der Waals surface area (Å²) in [4.78, 5) is 8.12. The van der Waals surface area contributed by atoms with Crippen LogP contribution in [0, 0.1) is 11.6 Å². The lowest BCUT2D eigenvalue weighted by atomic mass is 10.1. The quantitative estimate of drug-likeness (QED) is 0.476. The molecule has 0 saturated heterocycles. The van der Waals surface area contributed by atoms with Crippen molar-refractivity contribution >= 4 is 16.9 Å². The van der Waals surface area contributed by atoms with Crippen LogP contribution in [0.4, 0.5) is 23.5 Å². The van der Waals surface area contributed by atoms with E-state index in [9.17, 15) is 21.8 Å². The molecule has 0 bridgehead atoms. The van der Waals surface area contributed by atoms with E-state index in [2.05, 4.69) is 30.2 Å². The lowest BCUT2D eigenvalue weighted by Crippen LogP contribution is -2.30. The molecule has 1 aliphatic rings. The molecule has 1 saturated carbocycles. The molecule has 2 unspecified atom stereocenters. The molecule has 1 aromatic carbocycles. The summed E-state index contributed by atoms with van der Waals surface area (Å²) < 4.78 is 72.6. The molecule has 0 aliphatic heterocycles. The molecule has 13 heteroatoms. The number of aromatic nitrogens is 4. The van der Waals surface area contributed by atoms with Crippen molar-refractivity contribution in [1.82, 2.24) is 24.9 Å². The van der Waals surface area contributed by atoms with Gasteiger partial charge in [-0.1, -0.05) is 6.07 Å². The van der Waals surface area contributed by atoms with Gasteiger partial charge >= 0.3 is 6.43 Å². The largest absolute Gasteiger partial charge is 0.415 e. The van der Waals surface area contributed by atoms with Crippen LogP contribution in [0.15, 0.2) is 35.0 Å². The fourth-order valence-electron chi connectivity index (χ4n) is 2.70. The number of nitrogens with zero attached hydrogens (tertiary/aromatic N) is 4. The van der Waals surface area contributed by atoms with Gasteiger partial charge < -0.3 is 9.73 Å². The molecule has 4 rings (SSSR count). The van der Waals surface area contributed by atoms with E-state index in [0.717, 1.165) is 25.0 Å². The number of hydrogen-bond donors (Lipinski definition) is 2. The van der Waals surface area contributed by atoms with E-state index in [4.69, 9.17) is 4.42 Å². The van der Waals surface area contributed by atoms with Crippen molar-refractivity contribution in [2.24, 2.45) is 0 Å². The van der Waals surface area contributed by atoms with E-state index in [-0.39, 0.29) is 34.8 Å². The van der Waals surface area contributed by atoms with Crippen molar-refractivity contribution in [3.8, 4) is 11.5 Å². The molecule has 8 nitrogen and oxygen atoms in total. The van der Waals surface area contributed by atoms with Gasteiger partial charge in [-0.05, 0) is 18.9 Å². The maximum Gasteiger partial charge on any atom is 0.314 e. The number of rotatable bonds is 9. The van der Waals surface area contributed by atoms with Gasteiger partial charge in [-0.2, -0.15) is 8.78 Å². The fourth-order valence-corrected chi connectivity index (χ4v) is 3.83. The van der Waals surface area contributed by atoms with Gasteiger partial charge in [0, 0.05) is 35.8 Å². The van der Waals surface area contributed by atoms with Crippen molar-refractivity contribution in [1.29, 1.82) is 0 Å². The third kappa shape index (κ3) is 5.22. The van der Waals surface area contributed by atoms with Crippen molar-refractivity contribution < 1.29 is 26.2 Å². The highest BCUT2D eigenvalue weighted by atomic mass is 32.2. The van der Waals surface area contributed by atoms with E-state index in [1.165, 1.54) is 18.5 Å². The Hall–Kier alpha value is -2.93. The van der Waals surface area contributed by atoms with Crippen molar-refractivity contribution in [2.75, 3.05) is 11.9 Å². The van der Waals surface area contributed by atoms with Gasteiger partial charge in [0.2, 0.25) is 5.95 Å². The second kappa shape index (κ2) is 9.06. The first-order valence-corrected chi connectivity index (χ1v) is 10.4. The number of hydrogen-bond acceptors (Lipinski definition) is 7. The van der Waals surface area contributed by atoms with Crippen molar-refractivity contribution in [3.63, 3.8) is 0 Å². The first-order valence-electron chi connectivity index (χ1n) is 9.20. The molecule has 0 amide bonds. The Bertz CT molecular complexity index is 1080. The van der Waals surface area contributed by atoms with Crippen molar-refractivity contribution in [3.05, 3.63) is 53.7 Å². The van der Waals surface area contributed by atoms with Crippen LogP contribution < -0.4 is 10.0 Å². The van der Waals surface area contributed by atoms with Gasteiger partial charge in [0.15, 0.2) is 0 Å². The smallest absolute Gasteiger partial charge is 0.314 e. The minimum absolute atomic E-state index is 0.0676. The lowest BCUT2D eigenvalue weighted by Gasteiger charge is -2.20. The van der Waals surface area contributed by atoms with Gasteiger partial charge in [0.05, 0.1) is 22.6 Å². The molecule has 31 heavy (non-hydrogen) atoms. The van der Waals surface area contributed by atoms with Crippen LogP contribution in [0.5, 0.6) is 0 Å². The minimum Gasteiger partial charge on any atom is -0.415 e. The minimum atomic E-state index is -2.90. The van der Waals surface area contributed by atoms with Gasteiger partial charge in [-0.3, -0.25) is 0 Å². The lowest BCUT2D eigenvalue weighted by molar-refractivity contribution is 0.116. The summed E-state index contributed by atoms with van der Waals surface area (Å²) in [6.45, 7) is 0.0676. The average Bonchev–Trinajstić information content (AvgIpc) is 3.48. The number of nitrogens with one attached hydrogen (secondary N) is 2. The highest BCUT2D eigenvalue weighted by Crippen LogP contribution is 2.27. The number of benzene rings is 1. The zero-order valence-corrected chi connectivity index (χ0v) is 16.6. The topological polar surface area (TPSA) is 106 Å². The normalized spacial score (nSPS) is 15.8. The maximum atomic E-state index is 14.3. The molecule has 164 valence electrons. The van der Waals surface area contributed by atoms with E-state index in [1.807, 2.05) is 0 Å². The highest BCUT2D eigenvalue weighted by molar-refractivity contribution is 7.84. The summed E-state index contributed by atoms with van der Waals surface area (Å²) >= 11 is 0. The Balaban J connectivity index is 1.51. The van der Waals surface area contributed by atoms with E-state index in [1.54, 1.807) is 0 Å². The maximum absolute atomic E-state index is 14.3. The molecule has 2 aromatic heterocycles. The summed E-state index contributed by atoms with van der Waals surface area (Å²) in [5.74, 6) is -2.43. The first-order chi connectivity index (χ1) is 14.9. The van der Waals surface area contributed by atoms with Crippen LogP contribution in [0.1, 0.15) is 36.8 Å². The van der Waals surface area contributed by atoms with Crippen LogP contribution in [-0.2, 0) is 11.0 Å². The summed E-state index contributed by atoms with van der Waals surface area (Å²) in [6, 6.07) is 2.39. The van der Waals surface area contributed by atoms with Crippen molar-refractivity contribution in [2.45, 2.75) is 30.6 Å². The first kappa shape index (κ1) is 21.3. The van der Waals surface area contributed by atoms with Crippen LogP contribution >= 0.6 is 0 Å². The third-order valence-electron chi connectivity index (χ3n) is 4.42. The molecular formula is C18H16F4N6O2S. The Morgan fingerprint density at radius 3 is 2.52 bits per heavy atom. The summed E-state index contributed by atoms with van der Waals surface area (Å²) in [7, 11) is -1.27. The van der Waals surface area contributed by atoms with Crippen LogP contribution in [0.3, 0.4) is 0 Å². The van der Waals surface area contributed by atoms with E-state index < -0.39 is 41.0 Å². The predicted molar refractivity (Wildman–Crippen MR) is 102 cm³/mol. The Kier molecular flexibility index (Phi) is 6.23. The molecule has 0 spiro atoms. The summed E-state index contributed by atoms with van der Waals surface area (Å²) in [5, 5.41) is 9.72. The standard InChI is InChI=1S/C18H16F4N6O2S/c19-10-1-4-12(13(20)5-10)14(8-25-31(29)11-2-3-11)26-18-23-6-9(7-24-18)16-27-28-17(30-16)15(21)22/h1,4-7,11,14-15,25H,2-3,8H2,(H,23,24,26). The predicted octanol–water partition coefficient (Wildman–Crippen LogP) is 3.31. The number of anilines is 1. The summed E-state index contributed by atoms with van der Waals surface area (Å²) in [6.07, 6.45) is 1.35. The second-order valence-corrected chi connectivity index (χ2v) is 8.30.